The minimum atomic E-state index is 0.670. The van der Waals surface area contributed by atoms with E-state index in [1.807, 2.05) is 18.2 Å². The Hall–Kier alpha value is -2.86. The summed E-state index contributed by atoms with van der Waals surface area (Å²) in [7, 11) is 0. The van der Waals surface area contributed by atoms with Crippen LogP contribution in [-0.4, -0.2) is 24.1 Å². The summed E-state index contributed by atoms with van der Waals surface area (Å²) in [4.78, 5) is 4.69. The van der Waals surface area contributed by atoms with Crippen LogP contribution in [0.15, 0.2) is 66.6 Å². The molecule has 0 radical (unpaired) electrons. The maximum atomic E-state index is 4.69. The van der Waals surface area contributed by atoms with Crippen molar-refractivity contribution in [2.45, 2.75) is 31.3 Å². The fourth-order valence-electron chi connectivity index (χ4n) is 3.05. The molecule has 0 saturated carbocycles. The molecule has 0 spiro atoms. The first-order valence-electron chi connectivity index (χ1n) is 8.82. The van der Waals surface area contributed by atoms with Crippen LogP contribution in [0.4, 0.5) is 0 Å². The Balaban J connectivity index is 1.60. The number of hydrogen-bond donors (Lipinski definition) is 0. The zero-order valence-corrected chi connectivity index (χ0v) is 16.3. The topological polar surface area (TPSA) is 48.0 Å². The molecule has 0 fully saturated rings. The first-order valence-corrected chi connectivity index (χ1v) is 9.81. The van der Waals surface area contributed by atoms with Gasteiger partial charge in [0.2, 0.25) is 0 Å². The Morgan fingerprint density at radius 3 is 2.78 bits per heavy atom. The lowest BCUT2D eigenvalue weighted by molar-refractivity contribution is 0.731. The van der Waals surface area contributed by atoms with E-state index in [9.17, 15) is 0 Å². The predicted molar refractivity (Wildman–Crippen MR) is 110 cm³/mol. The van der Waals surface area contributed by atoms with Crippen molar-refractivity contribution in [2.24, 2.45) is 0 Å². The number of pyridine rings is 1. The van der Waals surface area contributed by atoms with Gasteiger partial charge < -0.3 is 4.40 Å². The van der Waals surface area contributed by atoms with Gasteiger partial charge in [0.25, 0.3) is 0 Å². The fourth-order valence-corrected chi connectivity index (χ4v) is 3.88. The second kappa shape index (κ2) is 7.40. The van der Waals surface area contributed by atoms with Crippen molar-refractivity contribution < 1.29 is 0 Å². The number of fused-ring (bicyclic) bond motifs is 1. The number of imidazole rings is 1. The molecule has 0 saturated heterocycles. The minimum absolute atomic E-state index is 0.670. The molecule has 136 valence electrons. The van der Waals surface area contributed by atoms with Crippen molar-refractivity contribution >= 4 is 17.4 Å². The van der Waals surface area contributed by atoms with E-state index in [2.05, 4.69) is 81.2 Å². The van der Waals surface area contributed by atoms with Crippen molar-refractivity contribution in [1.82, 2.24) is 24.1 Å². The maximum absolute atomic E-state index is 4.69. The summed E-state index contributed by atoms with van der Waals surface area (Å²) in [5.74, 6) is 1.61. The van der Waals surface area contributed by atoms with Gasteiger partial charge in [-0.2, -0.15) is 0 Å². The molecule has 1 aromatic carbocycles. The molecule has 5 nitrogen and oxygen atoms in total. The largest absolute Gasteiger partial charge is 0.307 e. The number of nitrogens with zero attached hydrogens (tertiary/aromatic N) is 5. The molecule has 0 amide bonds. The summed E-state index contributed by atoms with van der Waals surface area (Å²) >= 11 is 1.64. The van der Waals surface area contributed by atoms with Crippen molar-refractivity contribution in [3.8, 4) is 11.4 Å². The van der Waals surface area contributed by atoms with Crippen molar-refractivity contribution in [3.05, 3.63) is 78.3 Å². The molecule has 0 unspecified atom stereocenters. The first-order chi connectivity index (χ1) is 13.1. The lowest BCUT2D eigenvalue weighted by Crippen LogP contribution is -2.01. The standard InChI is InChI=1S/C21H21N5S/c1-4-10-26-20(17-7-5-6-15(2)11-17)23-24-21(26)27-14-18-13-25-12-16(3)8-9-19(25)22-18/h4-9,11-13H,1,10,14H2,2-3H3. The van der Waals surface area contributed by atoms with Crippen LogP contribution in [0.3, 0.4) is 0 Å². The van der Waals surface area contributed by atoms with Crippen LogP contribution in [-0.2, 0) is 12.3 Å². The summed E-state index contributed by atoms with van der Waals surface area (Å²) in [6, 6.07) is 12.4. The van der Waals surface area contributed by atoms with E-state index in [4.69, 9.17) is 0 Å². The van der Waals surface area contributed by atoms with Gasteiger partial charge in [0.05, 0.1) is 5.69 Å². The number of aryl methyl sites for hydroxylation is 2. The van der Waals surface area contributed by atoms with E-state index in [1.54, 1.807) is 11.8 Å². The van der Waals surface area contributed by atoms with E-state index >= 15 is 0 Å². The Morgan fingerprint density at radius 2 is 1.96 bits per heavy atom. The second-order valence-corrected chi connectivity index (χ2v) is 7.51. The monoisotopic (exact) mass is 375 g/mol. The average Bonchev–Trinajstić information content (AvgIpc) is 3.23. The van der Waals surface area contributed by atoms with Gasteiger partial charge in [0.15, 0.2) is 11.0 Å². The van der Waals surface area contributed by atoms with Crippen LogP contribution in [0, 0.1) is 13.8 Å². The zero-order chi connectivity index (χ0) is 18.8. The third kappa shape index (κ3) is 3.66. The Morgan fingerprint density at radius 1 is 1.07 bits per heavy atom. The number of rotatable bonds is 6. The van der Waals surface area contributed by atoms with Crippen molar-refractivity contribution in [3.63, 3.8) is 0 Å². The molecule has 27 heavy (non-hydrogen) atoms. The quantitative estimate of drug-likeness (QED) is 0.362. The molecule has 0 bridgehead atoms. The van der Waals surface area contributed by atoms with Gasteiger partial charge in [-0.05, 0) is 31.5 Å². The molecular weight excluding hydrogens is 354 g/mol. The number of thioether (sulfide) groups is 1. The highest BCUT2D eigenvalue weighted by atomic mass is 32.2. The van der Waals surface area contributed by atoms with Crippen molar-refractivity contribution in [1.29, 1.82) is 0 Å². The summed E-state index contributed by atoms with van der Waals surface area (Å²) in [5, 5.41) is 9.72. The summed E-state index contributed by atoms with van der Waals surface area (Å²) in [5.41, 5.74) is 5.47. The highest BCUT2D eigenvalue weighted by molar-refractivity contribution is 7.98. The van der Waals surface area contributed by atoms with Crippen molar-refractivity contribution in [2.75, 3.05) is 0 Å². The molecule has 6 heteroatoms. The Bertz CT molecular complexity index is 1110. The smallest absolute Gasteiger partial charge is 0.192 e. The van der Waals surface area contributed by atoms with Gasteiger partial charge in [-0.15, -0.1) is 16.8 Å². The Kier molecular flexibility index (Phi) is 4.81. The summed E-state index contributed by atoms with van der Waals surface area (Å²) in [6.45, 7) is 8.72. The van der Waals surface area contributed by atoms with E-state index in [0.717, 1.165) is 33.6 Å². The van der Waals surface area contributed by atoms with Crippen LogP contribution < -0.4 is 0 Å². The summed E-state index contributed by atoms with van der Waals surface area (Å²) in [6.07, 6.45) is 6.04. The maximum Gasteiger partial charge on any atom is 0.192 e. The molecule has 4 rings (SSSR count). The number of aromatic nitrogens is 5. The number of allylic oxidation sites excluding steroid dienone is 1. The molecule has 0 aliphatic heterocycles. The van der Waals surface area contributed by atoms with Crippen LogP contribution >= 0.6 is 11.8 Å². The van der Waals surface area contributed by atoms with Gasteiger partial charge in [0.1, 0.15) is 5.65 Å². The predicted octanol–water partition coefficient (Wildman–Crippen LogP) is 4.69. The van der Waals surface area contributed by atoms with Gasteiger partial charge in [-0.3, -0.25) is 4.57 Å². The van der Waals surface area contributed by atoms with E-state index < -0.39 is 0 Å². The zero-order valence-electron chi connectivity index (χ0n) is 15.5. The first kappa shape index (κ1) is 17.5. The normalized spacial score (nSPS) is 11.2. The molecular formula is C21H21N5S. The third-order valence-corrected chi connectivity index (χ3v) is 5.30. The van der Waals surface area contributed by atoms with Crippen LogP contribution in [0.2, 0.25) is 0 Å². The Labute approximate surface area is 162 Å². The van der Waals surface area contributed by atoms with E-state index in [1.165, 1.54) is 11.1 Å². The SMILES string of the molecule is C=CCn1c(SCc2cn3cc(C)ccc3n2)nnc1-c1cccc(C)c1. The molecule has 0 atom stereocenters. The number of hydrogen-bond acceptors (Lipinski definition) is 4. The summed E-state index contributed by atoms with van der Waals surface area (Å²) < 4.78 is 4.17. The van der Waals surface area contributed by atoms with Gasteiger partial charge in [-0.1, -0.05) is 47.7 Å². The molecule has 0 N–H and O–H groups in total. The highest BCUT2D eigenvalue weighted by Crippen LogP contribution is 2.27. The van der Waals surface area contributed by atoms with E-state index in [-0.39, 0.29) is 0 Å². The third-order valence-electron chi connectivity index (χ3n) is 4.30. The molecule has 0 aliphatic rings. The highest BCUT2D eigenvalue weighted by Gasteiger charge is 2.14. The molecule has 4 aromatic rings. The average molecular weight is 376 g/mol. The van der Waals surface area contributed by atoms with E-state index in [0.29, 0.717) is 6.54 Å². The fraction of sp³-hybridized carbons (Fsp3) is 0.190. The second-order valence-electron chi connectivity index (χ2n) is 6.57. The van der Waals surface area contributed by atoms with Crippen LogP contribution in [0.5, 0.6) is 0 Å². The minimum Gasteiger partial charge on any atom is -0.307 e. The van der Waals surface area contributed by atoms with Crippen LogP contribution in [0.1, 0.15) is 16.8 Å². The van der Waals surface area contributed by atoms with Crippen LogP contribution in [0.25, 0.3) is 17.0 Å². The van der Waals surface area contributed by atoms with Gasteiger partial charge in [0, 0.05) is 30.3 Å². The molecule has 3 aromatic heterocycles. The van der Waals surface area contributed by atoms with Gasteiger partial charge in [-0.25, -0.2) is 4.98 Å². The molecule has 3 heterocycles. The lowest BCUT2D eigenvalue weighted by Gasteiger charge is -2.07. The lowest BCUT2D eigenvalue weighted by atomic mass is 10.1. The number of benzene rings is 1. The molecule has 0 aliphatic carbocycles. The van der Waals surface area contributed by atoms with Gasteiger partial charge >= 0.3 is 0 Å².